The van der Waals surface area contributed by atoms with Crippen LogP contribution in [0.2, 0.25) is 5.02 Å². The molecule has 3 atom stereocenters. The van der Waals surface area contributed by atoms with E-state index in [4.69, 9.17) is 11.6 Å². The molecule has 130 valence electrons. The van der Waals surface area contributed by atoms with Gasteiger partial charge in [-0.15, -0.1) is 10.2 Å². The molecular formula is C17H17ClN4O3. The molecule has 1 aromatic carbocycles. The number of hydrogen-bond acceptors (Lipinski definition) is 4. The van der Waals surface area contributed by atoms with Crippen molar-refractivity contribution >= 4 is 23.5 Å². The predicted octanol–water partition coefficient (Wildman–Crippen LogP) is 1.84. The fourth-order valence-electron chi connectivity index (χ4n) is 3.56. The number of nitrogens with zero attached hydrogens (tertiary/aromatic N) is 4. The van der Waals surface area contributed by atoms with Gasteiger partial charge in [0.1, 0.15) is 11.9 Å². The first-order valence-electron chi connectivity index (χ1n) is 8.13. The van der Waals surface area contributed by atoms with Gasteiger partial charge in [0.2, 0.25) is 5.91 Å². The molecule has 8 heteroatoms. The lowest BCUT2D eigenvalue weighted by atomic mass is 10.1. The summed E-state index contributed by atoms with van der Waals surface area (Å²) in [6.45, 7) is 2.13. The van der Waals surface area contributed by atoms with Crippen LogP contribution >= 0.6 is 11.6 Å². The van der Waals surface area contributed by atoms with Gasteiger partial charge in [-0.3, -0.25) is 4.79 Å². The molecule has 1 aliphatic carbocycles. The molecule has 1 aliphatic heterocycles. The second kappa shape index (κ2) is 5.84. The van der Waals surface area contributed by atoms with Crippen LogP contribution in [0.4, 0.5) is 0 Å². The molecule has 7 nitrogen and oxygen atoms in total. The largest absolute Gasteiger partial charge is 0.480 e. The number of halogens is 1. The number of carboxylic acids is 1. The molecule has 1 fully saturated rings. The maximum Gasteiger partial charge on any atom is 0.328 e. The van der Waals surface area contributed by atoms with E-state index in [0.717, 1.165) is 5.56 Å². The topological polar surface area (TPSA) is 88.3 Å². The Bertz CT molecular complexity index is 865. The molecule has 3 unspecified atom stereocenters. The summed E-state index contributed by atoms with van der Waals surface area (Å²) in [5.41, 5.74) is 0.949. The van der Waals surface area contributed by atoms with Crippen molar-refractivity contribution in [2.75, 3.05) is 0 Å². The van der Waals surface area contributed by atoms with Crippen LogP contribution in [0, 0.1) is 12.8 Å². The third-order valence-electron chi connectivity index (χ3n) is 5.04. The van der Waals surface area contributed by atoms with Gasteiger partial charge in [0.05, 0.1) is 13.1 Å². The molecule has 1 N–H and O–H groups in total. The fraction of sp³-hybridized carbons (Fsp3) is 0.412. The van der Waals surface area contributed by atoms with Crippen LogP contribution in [0.15, 0.2) is 24.3 Å². The molecule has 2 heterocycles. The van der Waals surface area contributed by atoms with Gasteiger partial charge in [-0.05, 0) is 30.9 Å². The maximum atomic E-state index is 12.9. The lowest BCUT2D eigenvalue weighted by Crippen LogP contribution is -2.51. The van der Waals surface area contributed by atoms with Crippen LogP contribution < -0.4 is 0 Å². The zero-order valence-electron chi connectivity index (χ0n) is 13.6. The minimum absolute atomic E-state index is 0.0529. The number of aliphatic carboxylic acids is 1. The van der Waals surface area contributed by atoms with Gasteiger partial charge in [-0.2, -0.15) is 0 Å². The number of aromatic nitrogens is 3. The quantitative estimate of drug-likeness (QED) is 0.902. The van der Waals surface area contributed by atoms with E-state index >= 15 is 0 Å². The fourth-order valence-corrected chi connectivity index (χ4v) is 3.83. The summed E-state index contributed by atoms with van der Waals surface area (Å²) in [4.78, 5) is 26.1. The molecule has 1 saturated carbocycles. The Morgan fingerprint density at radius 1 is 1.28 bits per heavy atom. The monoisotopic (exact) mass is 360 g/mol. The number of benzene rings is 1. The molecule has 4 rings (SSSR count). The summed E-state index contributed by atoms with van der Waals surface area (Å²) in [7, 11) is 0. The molecular weight excluding hydrogens is 344 g/mol. The number of carboxylic acid groups (broad SMARTS) is 1. The first-order valence-corrected chi connectivity index (χ1v) is 8.51. The standard InChI is InChI=1S/C17H17ClN4O3/c1-9-19-20-15-8-22(14(17(24)25)7-21(9)15)16(23)12-6-11(12)10-4-2-3-5-13(10)18/h2-5,11-12,14H,6-8H2,1H3,(H,24,25). The normalized spacial score (nSPS) is 24.7. The Kier molecular flexibility index (Phi) is 3.76. The summed E-state index contributed by atoms with van der Waals surface area (Å²) in [5.74, 6) is -0.0484. The number of carbonyl (C=O) groups is 2. The van der Waals surface area contributed by atoms with Crippen LogP contribution in [0.3, 0.4) is 0 Å². The Hall–Kier alpha value is -2.41. The number of aryl methyl sites for hydroxylation is 1. The Balaban J connectivity index is 1.57. The molecule has 1 aromatic heterocycles. The number of rotatable bonds is 3. The molecule has 25 heavy (non-hydrogen) atoms. The van der Waals surface area contributed by atoms with Gasteiger partial charge in [-0.25, -0.2) is 4.79 Å². The molecule has 0 spiro atoms. The first-order chi connectivity index (χ1) is 12.0. The van der Waals surface area contributed by atoms with E-state index in [1.807, 2.05) is 24.3 Å². The number of amides is 1. The average molecular weight is 361 g/mol. The second-order valence-electron chi connectivity index (χ2n) is 6.56. The van der Waals surface area contributed by atoms with E-state index in [-0.39, 0.29) is 30.8 Å². The molecule has 2 aromatic rings. The minimum Gasteiger partial charge on any atom is -0.480 e. The van der Waals surface area contributed by atoms with Crippen molar-refractivity contribution in [1.82, 2.24) is 19.7 Å². The Morgan fingerprint density at radius 2 is 2.04 bits per heavy atom. The second-order valence-corrected chi connectivity index (χ2v) is 6.97. The number of hydrogen-bond donors (Lipinski definition) is 1. The average Bonchev–Trinajstić information content (AvgIpc) is 3.31. The molecule has 0 bridgehead atoms. The van der Waals surface area contributed by atoms with E-state index in [9.17, 15) is 14.7 Å². The van der Waals surface area contributed by atoms with Crippen LogP contribution in [-0.4, -0.2) is 42.7 Å². The van der Waals surface area contributed by atoms with Crippen molar-refractivity contribution in [3.63, 3.8) is 0 Å². The van der Waals surface area contributed by atoms with Crippen LogP contribution in [-0.2, 0) is 22.7 Å². The van der Waals surface area contributed by atoms with E-state index < -0.39 is 12.0 Å². The number of fused-ring (bicyclic) bond motifs is 1. The molecule has 1 amide bonds. The van der Waals surface area contributed by atoms with Gasteiger partial charge in [0, 0.05) is 10.9 Å². The van der Waals surface area contributed by atoms with Crippen molar-refractivity contribution in [2.45, 2.75) is 38.4 Å². The predicted molar refractivity (Wildman–Crippen MR) is 89.0 cm³/mol. The van der Waals surface area contributed by atoms with Crippen LogP contribution in [0.5, 0.6) is 0 Å². The van der Waals surface area contributed by atoms with E-state index in [2.05, 4.69) is 10.2 Å². The van der Waals surface area contributed by atoms with Crippen molar-refractivity contribution in [1.29, 1.82) is 0 Å². The van der Waals surface area contributed by atoms with Crippen molar-refractivity contribution < 1.29 is 14.7 Å². The van der Waals surface area contributed by atoms with E-state index in [0.29, 0.717) is 23.1 Å². The summed E-state index contributed by atoms with van der Waals surface area (Å²) in [6, 6.07) is 6.58. The van der Waals surface area contributed by atoms with Crippen LogP contribution in [0.25, 0.3) is 0 Å². The zero-order valence-corrected chi connectivity index (χ0v) is 14.3. The smallest absolute Gasteiger partial charge is 0.328 e. The highest BCUT2D eigenvalue weighted by Gasteiger charge is 2.49. The molecule has 0 radical (unpaired) electrons. The highest BCUT2D eigenvalue weighted by atomic mass is 35.5. The summed E-state index contributed by atoms with van der Waals surface area (Å²) >= 11 is 6.22. The highest BCUT2D eigenvalue weighted by molar-refractivity contribution is 6.31. The van der Waals surface area contributed by atoms with Gasteiger partial charge >= 0.3 is 5.97 Å². The van der Waals surface area contributed by atoms with Crippen LogP contribution in [0.1, 0.15) is 29.6 Å². The lowest BCUT2D eigenvalue weighted by molar-refractivity contribution is -0.153. The minimum atomic E-state index is -1.01. The zero-order chi connectivity index (χ0) is 17.7. The van der Waals surface area contributed by atoms with E-state index in [1.165, 1.54) is 4.90 Å². The molecule has 2 aliphatic rings. The highest BCUT2D eigenvalue weighted by Crippen LogP contribution is 2.50. The Labute approximate surface area is 149 Å². The van der Waals surface area contributed by atoms with Crippen molar-refractivity contribution in [3.05, 3.63) is 46.5 Å². The summed E-state index contributed by atoms with van der Waals surface area (Å²) < 4.78 is 1.76. The van der Waals surface area contributed by atoms with Crippen molar-refractivity contribution in [2.24, 2.45) is 5.92 Å². The van der Waals surface area contributed by atoms with Gasteiger partial charge < -0.3 is 14.6 Å². The summed E-state index contributed by atoms with van der Waals surface area (Å²) in [5, 5.41) is 18.3. The lowest BCUT2D eigenvalue weighted by Gasteiger charge is -2.33. The summed E-state index contributed by atoms with van der Waals surface area (Å²) in [6.07, 6.45) is 0.692. The third-order valence-corrected chi connectivity index (χ3v) is 5.38. The van der Waals surface area contributed by atoms with E-state index in [1.54, 1.807) is 11.5 Å². The Morgan fingerprint density at radius 3 is 2.76 bits per heavy atom. The number of carbonyl (C=O) groups excluding carboxylic acids is 1. The third kappa shape index (κ3) is 2.68. The first kappa shape index (κ1) is 16.1. The van der Waals surface area contributed by atoms with Crippen molar-refractivity contribution in [3.8, 4) is 0 Å². The SMILES string of the molecule is Cc1nnc2n1CC(C(=O)O)N(C(=O)C1CC1c1ccccc1Cl)C2. The maximum absolute atomic E-state index is 12.9. The van der Waals surface area contributed by atoms with Gasteiger partial charge in [0.15, 0.2) is 5.82 Å². The van der Waals surface area contributed by atoms with Gasteiger partial charge in [-0.1, -0.05) is 29.8 Å². The van der Waals surface area contributed by atoms with Gasteiger partial charge in [0.25, 0.3) is 0 Å². The molecule has 0 saturated heterocycles.